The maximum Gasteiger partial charge on any atom is 0.323 e. The van der Waals surface area contributed by atoms with Gasteiger partial charge in [-0.05, 0) is 84.5 Å². The van der Waals surface area contributed by atoms with E-state index < -0.39 is 46.5 Å². The van der Waals surface area contributed by atoms with E-state index in [1.807, 2.05) is 0 Å². The number of nitrogens with one attached hydrogen (secondary N) is 4. The summed E-state index contributed by atoms with van der Waals surface area (Å²) in [6.45, 7) is 5.14. The van der Waals surface area contributed by atoms with Gasteiger partial charge in [0.05, 0.1) is 42.9 Å². The average molecular weight is 1090 g/mol. The van der Waals surface area contributed by atoms with Crippen LogP contribution in [0.1, 0.15) is 37.8 Å². The molecule has 6 N–H and O–H groups in total. The van der Waals surface area contributed by atoms with E-state index in [9.17, 15) is 39.0 Å². The molecule has 0 aliphatic heterocycles. The summed E-state index contributed by atoms with van der Waals surface area (Å²) in [7, 11) is 0. The lowest BCUT2D eigenvalue weighted by molar-refractivity contribution is -0.151. The molecule has 4 aromatic heterocycles. The third-order valence-corrected chi connectivity index (χ3v) is 13.3. The van der Waals surface area contributed by atoms with Gasteiger partial charge in [-0.2, -0.15) is 10.2 Å². The number of hydrogen-bond donors (Lipinski definition) is 6. The number of aliphatic carboxylic acids is 2. The second-order valence-electron chi connectivity index (χ2n) is 16.9. The minimum atomic E-state index is -2.04. The predicted molar refractivity (Wildman–Crippen MR) is 289 cm³/mol. The molecule has 0 aliphatic rings. The Bertz CT molecular complexity index is 3660. The van der Waals surface area contributed by atoms with Crippen LogP contribution in [0.15, 0.2) is 144 Å². The minimum Gasteiger partial charge on any atom is -0.481 e. The second-order valence-corrected chi connectivity index (χ2v) is 18.5. The number of urea groups is 2. The molecule has 4 heterocycles. The number of carboxylic acid groups (broad SMARTS) is 2. The summed E-state index contributed by atoms with van der Waals surface area (Å²) in [5, 5.41) is 41.6. The number of hydrogen-bond acceptors (Lipinski definition) is 10. The number of anilines is 4. The van der Waals surface area contributed by atoms with Crippen molar-refractivity contribution in [1.82, 2.24) is 29.5 Å². The Balaban J connectivity index is 1.09. The summed E-state index contributed by atoms with van der Waals surface area (Å²) in [4.78, 5) is 87.6. The summed E-state index contributed by atoms with van der Waals surface area (Å²) >= 11 is 24.7. The molecule has 0 spiro atoms. The summed E-state index contributed by atoms with van der Waals surface area (Å²) < 4.78 is 2.37. The van der Waals surface area contributed by atoms with E-state index in [1.54, 1.807) is 111 Å². The van der Waals surface area contributed by atoms with Crippen molar-refractivity contribution in [2.24, 2.45) is 0 Å². The van der Waals surface area contributed by atoms with Crippen LogP contribution >= 0.6 is 46.4 Å². The van der Waals surface area contributed by atoms with Gasteiger partial charge < -0.3 is 31.5 Å². The Morgan fingerprint density at radius 2 is 0.933 bits per heavy atom. The third-order valence-electron chi connectivity index (χ3n) is 12.2. The van der Waals surface area contributed by atoms with Gasteiger partial charge in [0.1, 0.15) is 22.7 Å². The Morgan fingerprint density at radius 1 is 0.547 bits per heavy atom. The van der Waals surface area contributed by atoms with E-state index in [0.29, 0.717) is 44.8 Å². The highest BCUT2D eigenvalue weighted by Crippen LogP contribution is 2.43. The molecule has 8 rings (SSSR count). The lowest BCUT2D eigenvalue weighted by Crippen LogP contribution is -2.42. The van der Waals surface area contributed by atoms with Gasteiger partial charge in [-0.3, -0.25) is 29.1 Å². The molecule has 4 aromatic carbocycles. The van der Waals surface area contributed by atoms with Crippen LogP contribution in [0.4, 0.5) is 32.3 Å². The first-order valence-corrected chi connectivity index (χ1v) is 24.3. The SMILES string of the molecule is CCn1nc(-c2cccc(-c3cccc(C(C(=O)O)C(C)(C(=O)O)c4cccc(-c5cccc(-c6cc(NC(=O)Nc7c(Cl)cncc7Cl)c(=O)n(CC)n6)c5)c4)c3)c2)cc(NC(=O)Nc2c(Cl)cncc2Cl)c1=O. The van der Waals surface area contributed by atoms with Crippen LogP contribution in [-0.4, -0.2) is 63.7 Å². The highest BCUT2D eigenvalue weighted by Gasteiger charge is 2.48. The van der Waals surface area contributed by atoms with E-state index in [4.69, 9.17) is 46.4 Å². The smallest absolute Gasteiger partial charge is 0.323 e. The number of carbonyl (C=O) groups excluding carboxylic acids is 2. The number of pyridine rings is 2. The number of carboxylic acids is 2. The predicted octanol–water partition coefficient (Wildman–Crippen LogP) is 11.4. The first kappa shape index (κ1) is 52.9. The number of benzene rings is 4. The number of halogens is 4. The van der Waals surface area contributed by atoms with E-state index in [2.05, 4.69) is 41.4 Å². The van der Waals surface area contributed by atoms with Gasteiger partial charge in [0.25, 0.3) is 11.1 Å². The van der Waals surface area contributed by atoms with Crippen molar-refractivity contribution in [3.05, 3.63) is 186 Å². The van der Waals surface area contributed by atoms with E-state index >= 15 is 0 Å². The molecule has 380 valence electrons. The molecule has 0 radical (unpaired) electrons. The summed E-state index contributed by atoms with van der Waals surface area (Å²) in [6, 6.07) is 28.5. The van der Waals surface area contributed by atoms with Crippen LogP contribution in [0.5, 0.6) is 0 Å². The molecule has 0 fully saturated rings. The van der Waals surface area contributed by atoms with Crippen molar-refractivity contribution in [3.8, 4) is 44.8 Å². The van der Waals surface area contributed by atoms with Crippen LogP contribution in [0, 0.1) is 0 Å². The normalized spacial score (nSPS) is 12.3. The molecule has 0 saturated heterocycles. The number of amides is 4. The van der Waals surface area contributed by atoms with Crippen molar-refractivity contribution in [2.75, 3.05) is 21.3 Å². The highest BCUT2D eigenvalue weighted by atomic mass is 35.5. The zero-order valence-corrected chi connectivity index (χ0v) is 42.8. The van der Waals surface area contributed by atoms with E-state index in [-0.39, 0.29) is 67.1 Å². The molecular formula is C53H42Cl4N10O8. The molecular weight excluding hydrogens is 1050 g/mol. The van der Waals surface area contributed by atoms with Crippen molar-refractivity contribution >= 4 is 93.2 Å². The maximum atomic E-state index is 13.6. The Kier molecular flexibility index (Phi) is 15.8. The molecule has 2 atom stereocenters. The molecule has 8 aromatic rings. The largest absolute Gasteiger partial charge is 0.481 e. The lowest BCUT2D eigenvalue weighted by atomic mass is 9.68. The van der Waals surface area contributed by atoms with Crippen molar-refractivity contribution in [2.45, 2.75) is 45.2 Å². The van der Waals surface area contributed by atoms with Crippen molar-refractivity contribution < 1.29 is 29.4 Å². The first-order valence-electron chi connectivity index (χ1n) is 22.8. The van der Waals surface area contributed by atoms with Crippen LogP contribution < -0.4 is 32.4 Å². The van der Waals surface area contributed by atoms with Gasteiger partial charge in [0.15, 0.2) is 0 Å². The fraction of sp³-hybridized carbons (Fsp3) is 0.132. The number of rotatable bonds is 15. The molecule has 75 heavy (non-hydrogen) atoms. The third kappa shape index (κ3) is 11.2. The summed E-state index contributed by atoms with van der Waals surface area (Å²) in [5.41, 5.74) is 1.25. The summed E-state index contributed by atoms with van der Waals surface area (Å²) in [6.07, 6.45) is 5.21. The number of aromatic nitrogens is 6. The van der Waals surface area contributed by atoms with Crippen LogP contribution in [0.3, 0.4) is 0 Å². The fourth-order valence-electron chi connectivity index (χ4n) is 8.34. The highest BCUT2D eigenvalue weighted by molar-refractivity contribution is 6.40. The monoisotopic (exact) mass is 1090 g/mol. The topological polar surface area (TPSA) is 252 Å². The Morgan fingerprint density at radius 3 is 1.35 bits per heavy atom. The van der Waals surface area contributed by atoms with Crippen molar-refractivity contribution in [3.63, 3.8) is 0 Å². The van der Waals surface area contributed by atoms with Gasteiger partial charge in [-0.25, -0.2) is 19.0 Å². The Hall–Kier alpha value is -8.42. The van der Waals surface area contributed by atoms with E-state index in [0.717, 1.165) is 0 Å². The van der Waals surface area contributed by atoms with E-state index in [1.165, 1.54) is 53.2 Å². The molecule has 0 bridgehead atoms. The molecule has 0 aliphatic carbocycles. The van der Waals surface area contributed by atoms with Gasteiger partial charge in [-0.15, -0.1) is 0 Å². The second kappa shape index (κ2) is 22.4. The fourth-order valence-corrected chi connectivity index (χ4v) is 9.26. The average Bonchev–Trinajstić information content (AvgIpc) is 3.40. The molecule has 22 heteroatoms. The minimum absolute atomic E-state index is 0.0840. The van der Waals surface area contributed by atoms with Gasteiger partial charge in [0.2, 0.25) is 0 Å². The molecule has 0 saturated carbocycles. The standard InChI is InChI=1S/C53H42Cl4N10O8/c1-4-66-47(68)42(60-51(74)62-45-36(54)24-58-25-37(45)55)22-40(64-66)32-14-6-10-28(18-32)30-12-8-16-34(20-30)44(49(70)71)53(3,50(72)73)35-17-9-13-31(21-35)29-11-7-15-33(19-29)41-23-43(48(69)67(5-2)65-41)61-52(75)63-46-38(56)26-59-27-39(46)57/h6-27,44H,4-5H2,1-3H3,(H,70,71)(H,72,73)(H2,58,60,62,74)(H2,59,61,63,75). The van der Waals surface area contributed by atoms with Crippen molar-refractivity contribution in [1.29, 1.82) is 0 Å². The molecule has 18 nitrogen and oxygen atoms in total. The molecule has 2 unspecified atom stereocenters. The number of aryl methyl sites for hydroxylation is 2. The van der Waals surface area contributed by atoms with Crippen LogP contribution in [0.25, 0.3) is 44.8 Å². The number of carbonyl (C=O) groups is 4. The van der Waals surface area contributed by atoms with Crippen LogP contribution in [0.2, 0.25) is 20.1 Å². The first-order chi connectivity index (χ1) is 35.9. The maximum absolute atomic E-state index is 13.6. The van der Waals surface area contributed by atoms with Crippen LogP contribution in [-0.2, 0) is 28.1 Å². The van der Waals surface area contributed by atoms with Gasteiger partial charge in [0, 0.05) is 49.0 Å². The quantitative estimate of drug-likeness (QED) is 0.0561. The number of nitrogens with zero attached hydrogens (tertiary/aromatic N) is 6. The van der Waals surface area contributed by atoms with Gasteiger partial charge in [-0.1, -0.05) is 125 Å². The zero-order chi connectivity index (χ0) is 53.7. The lowest BCUT2D eigenvalue weighted by Gasteiger charge is -2.32. The Labute approximate surface area is 446 Å². The van der Waals surface area contributed by atoms with Gasteiger partial charge >= 0.3 is 24.0 Å². The molecule has 4 amide bonds. The zero-order valence-electron chi connectivity index (χ0n) is 39.7. The summed E-state index contributed by atoms with van der Waals surface area (Å²) in [5.74, 6) is -4.39.